The lowest BCUT2D eigenvalue weighted by Crippen LogP contribution is -2.37. The van der Waals surface area contributed by atoms with Crippen molar-refractivity contribution in [1.29, 1.82) is 0 Å². The number of rotatable bonds is 5. The maximum atomic E-state index is 5.51. The molecule has 0 fully saturated rings. The lowest BCUT2D eigenvalue weighted by atomic mass is 10.0. The van der Waals surface area contributed by atoms with Crippen molar-refractivity contribution in [3.05, 3.63) is 28.5 Å². The van der Waals surface area contributed by atoms with Crippen LogP contribution in [-0.2, 0) is 6.42 Å². The molecule has 1 unspecified atom stereocenters. The van der Waals surface area contributed by atoms with Gasteiger partial charge in [0, 0.05) is 28.8 Å². The van der Waals surface area contributed by atoms with E-state index >= 15 is 0 Å². The van der Waals surface area contributed by atoms with Gasteiger partial charge in [-0.25, -0.2) is 0 Å². The van der Waals surface area contributed by atoms with Crippen molar-refractivity contribution in [3.63, 3.8) is 0 Å². The van der Waals surface area contributed by atoms with Crippen LogP contribution in [0, 0.1) is 5.92 Å². The summed E-state index contributed by atoms with van der Waals surface area (Å²) in [5.74, 6) is 6.15. The van der Waals surface area contributed by atoms with E-state index in [9.17, 15) is 0 Å². The summed E-state index contributed by atoms with van der Waals surface area (Å²) in [6.45, 7) is 4.39. The highest BCUT2D eigenvalue weighted by atomic mass is 79.9. The summed E-state index contributed by atoms with van der Waals surface area (Å²) >= 11 is 3.37. The Morgan fingerprint density at radius 2 is 2.20 bits per heavy atom. The van der Waals surface area contributed by atoms with E-state index in [2.05, 4.69) is 40.2 Å². The number of nitrogens with two attached hydrogens (primary N) is 1. The number of nitrogens with zero attached hydrogens (tertiary/aromatic N) is 1. The van der Waals surface area contributed by atoms with E-state index in [1.165, 1.54) is 0 Å². The zero-order valence-electron chi connectivity index (χ0n) is 9.20. The molecule has 0 saturated heterocycles. The fourth-order valence-electron chi connectivity index (χ4n) is 1.56. The summed E-state index contributed by atoms with van der Waals surface area (Å²) in [4.78, 5) is 4.33. The topological polar surface area (TPSA) is 50.9 Å². The summed E-state index contributed by atoms with van der Waals surface area (Å²) < 4.78 is 1.01. The summed E-state index contributed by atoms with van der Waals surface area (Å²) in [6.07, 6.45) is 3.76. The van der Waals surface area contributed by atoms with E-state index in [-0.39, 0.29) is 0 Å². The van der Waals surface area contributed by atoms with Crippen LogP contribution in [0.25, 0.3) is 0 Å². The number of aromatic nitrogens is 1. The standard InChI is InChI=1S/C11H18BrN3/c1-8(2)5-11(15-13)6-10-4-3-9(12)7-14-10/h3-4,7-8,11,15H,5-6,13H2,1-2H3. The maximum Gasteiger partial charge on any atom is 0.0420 e. The van der Waals surface area contributed by atoms with Crippen LogP contribution < -0.4 is 11.3 Å². The molecule has 1 rings (SSSR count). The van der Waals surface area contributed by atoms with Crippen molar-refractivity contribution < 1.29 is 0 Å². The number of halogens is 1. The van der Waals surface area contributed by atoms with E-state index in [1.54, 1.807) is 0 Å². The Hall–Kier alpha value is -0.450. The van der Waals surface area contributed by atoms with Crippen molar-refractivity contribution >= 4 is 15.9 Å². The Morgan fingerprint density at radius 1 is 1.47 bits per heavy atom. The number of pyridine rings is 1. The molecule has 0 bridgehead atoms. The zero-order valence-corrected chi connectivity index (χ0v) is 10.8. The van der Waals surface area contributed by atoms with Gasteiger partial charge >= 0.3 is 0 Å². The molecule has 0 amide bonds. The van der Waals surface area contributed by atoms with Gasteiger partial charge < -0.3 is 0 Å². The summed E-state index contributed by atoms with van der Waals surface area (Å²) in [7, 11) is 0. The first-order valence-electron chi connectivity index (χ1n) is 5.18. The highest BCUT2D eigenvalue weighted by molar-refractivity contribution is 9.10. The largest absolute Gasteiger partial charge is 0.271 e. The molecule has 15 heavy (non-hydrogen) atoms. The minimum absolute atomic E-state index is 0.304. The average Bonchev–Trinajstić information content (AvgIpc) is 2.19. The van der Waals surface area contributed by atoms with E-state index in [4.69, 9.17) is 5.84 Å². The van der Waals surface area contributed by atoms with Gasteiger partial charge in [-0.3, -0.25) is 16.3 Å². The van der Waals surface area contributed by atoms with Gasteiger partial charge in [0.05, 0.1) is 0 Å². The molecular weight excluding hydrogens is 254 g/mol. The molecule has 0 aliphatic heterocycles. The molecule has 1 aromatic rings. The minimum Gasteiger partial charge on any atom is -0.271 e. The van der Waals surface area contributed by atoms with Crippen molar-refractivity contribution in [1.82, 2.24) is 10.4 Å². The molecule has 3 N–H and O–H groups in total. The maximum absolute atomic E-state index is 5.51. The second-order valence-corrected chi connectivity index (χ2v) is 5.08. The smallest absolute Gasteiger partial charge is 0.0420 e. The highest BCUT2D eigenvalue weighted by Gasteiger charge is 2.10. The highest BCUT2D eigenvalue weighted by Crippen LogP contribution is 2.11. The molecule has 1 atom stereocenters. The monoisotopic (exact) mass is 271 g/mol. The Balaban J connectivity index is 2.54. The van der Waals surface area contributed by atoms with Crippen LogP contribution in [0.1, 0.15) is 26.0 Å². The molecule has 0 aliphatic carbocycles. The van der Waals surface area contributed by atoms with Gasteiger partial charge in [0.2, 0.25) is 0 Å². The molecule has 3 nitrogen and oxygen atoms in total. The zero-order chi connectivity index (χ0) is 11.3. The third-order valence-corrected chi connectivity index (χ3v) is 2.70. The first kappa shape index (κ1) is 12.6. The van der Waals surface area contributed by atoms with Crippen LogP contribution in [0.3, 0.4) is 0 Å². The van der Waals surface area contributed by atoms with E-state index in [0.717, 1.165) is 23.0 Å². The first-order valence-corrected chi connectivity index (χ1v) is 5.97. The van der Waals surface area contributed by atoms with Gasteiger partial charge in [-0.15, -0.1) is 0 Å². The van der Waals surface area contributed by atoms with Crippen molar-refractivity contribution in [2.45, 2.75) is 32.7 Å². The van der Waals surface area contributed by atoms with Gasteiger partial charge in [0.1, 0.15) is 0 Å². The Labute approximate surface area is 99.6 Å². The third-order valence-electron chi connectivity index (χ3n) is 2.24. The normalized spacial score (nSPS) is 13.1. The van der Waals surface area contributed by atoms with E-state index < -0.39 is 0 Å². The molecule has 0 saturated carbocycles. The number of hydrazine groups is 1. The van der Waals surface area contributed by atoms with Crippen LogP contribution >= 0.6 is 15.9 Å². The fraction of sp³-hybridized carbons (Fsp3) is 0.545. The van der Waals surface area contributed by atoms with Gasteiger partial charge in [-0.1, -0.05) is 13.8 Å². The Bertz CT molecular complexity index is 284. The van der Waals surface area contributed by atoms with Crippen LogP contribution in [0.5, 0.6) is 0 Å². The van der Waals surface area contributed by atoms with E-state index in [0.29, 0.717) is 12.0 Å². The van der Waals surface area contributed by atoms with Crippen LogP contribution in [0.4, 0.5) is 0 Å². The predicted octanol–water partition coefficient (Wildman–Crippen LogP) is 2.26. The number of hydrogen-bond donors (Lipinski definition) is 2. The first-order chi connectivity index (χ1) is 7.11. The van der Waals surface area contributed by atoms with Gasteiger partial charge in [-0.05, 0) is 40.4 Å². The minimum atomic E-state index is 0.304. The van der Waals surface area contributed by atoms with Crippen molar-refractivity contribution in [2.75, 3.05) is 0 Å². The summed E-state index contributed by atoms with van der Waals surface area (Å²) in [5.41, 5.74) is 3.92. The third kappa shape index (κ3) is 4.73. The molecular formula is C11H18BrN3. The Morgan fingerprint density at radius 3 is 2.67 bits per heavy atom. The Kier molecular flexibility index (Phi) is 5.22. The van der Waals surface area contributed by atoms with Crippen LogP contribution in [0.2, 0.25) is 0 Å². The number of hydrogen-bond acceptors (Lipinski definition) is 3. The lowest BCUT2D eigenvalue weighted by Gasteiger charge is -2.17. The van der Waals surface area contributed by atoms with Gasteiger partial charge in [0.15, 0.2) is 0 Å². The fourth-order valence-corrected chi connectivity index (χ4v) is 1.79. The summed E-state index contributed by atoms with van der Waals surface area (Å²) in [5, 5.41) is 0. The van der Waals surface area contributed by atoms with E-state index in [1.807, 2.05) is 18.3 Å². The molecule has 4 heteroatoms. The van der Waals surface area contributed by atoms with Gasteiger partial charge in [-0.2, -0.15) is 0 Å². The molecule has 0 spiro atoms. The van der Waals surface area contributed by atoms with Crippen LogP contribution in [-0.4, -0.2) is 11.0 Å². The van der Waals surface area contributed by atoms with Crippen molar-refractivity contribution in [3.8, 4) is 0 Å². The summed E-state index contributed by atoms with van der Waals surface area (Å²) in [6, 6.07) is 4.33. The SMILES string of the molecule is CC(C)CC(Cc1ccc(Br)cn1)NN. The molecule has 0 radical (unpaired) electrons. The molecule has 84 valence electrons. The average molecular weight is 272 g/mol. The molecule has 1 aromatic heterocycles. The van der Waals surface area contributed by atoms with Crippen LogP contribution in [0.15, 0.2) is 22.8 Å². The van der Waals surface area contributed by atoms with Gasteiger partial charge in [0.25, 0.3) is 0 Å². The molecule has 0 aromatic carbocycles. The molecule has 0 aliphatic rings. The van der Waals surface area contributed by atoms with Crippen molar-refractivity contribution in [2.24, 2.45) is 11.8 Å². The second kappa shape index (κ2) is 6.20. The lowest BCUT2D eigenvalue weighted by molar-refractivity contribution is 0.420. The predicted molar refractivity (Wildman–Crippen MR) is 66.2 cm³/mol. The number of nitrogens with one attached hydrogen (secondary N) is 1. The molecule has 1 heterocycles. The quantitative estimate of drug-likeness (QED) is 0.638. The second-order valence-electron chi connectivity index (χ2n) is 4.17.